The number of halogens is 6. The van der Waals surface area contributed by atoms with E-state index in [2.05, 4.69) is 10.5 Å². The van der Waals surface area contributed by atoms with Gasteiger partial charge in [0.15, 0.2) is 5.75 Å². The number of fused-ring (bicyclic) bond motifs is 1. The van der Waals surface area contributed by atoms with Crippen LogP contribution in [0.15, 0.2) is 29.4 Å². The molecule has 0 atom stereocenters. The van der Waals surface area contributed by atoms with E-state index in [1.807, 2.05) is 12.1 Å². The van der Waals surface area contributed by atoms with Gasteiger partial charge in [-0.3, -0.25) is 5.43 Å². The van der Waals surface area contributed by atoms with Crippen LogP contribution in [0, 0.1) is 0 Å². The Morgan fingerprint density at radius 3 is 2.52 bits per heavy atom. The van der Waals surface area contributed by atoms with Gasteiger partial charge in [-0.25, -0.2) is 0 Å². The first-order valence-corrected chi connectivity index (χ1v) is 8.35. The largest absolute Gasteiger partial charge is 0.337 e. The maximum absolute atomic E-state index is 5.90. The van der Waals surface area contributed by atoms with Gasteiger partial charge in [-0.15, -0.1) is 0 Å². The topological polar surface area (TPSA) is 46.1 Å². The zero-order valence-electron chi connectivity index (χ0n) is 11.0. The summed E-state index contributed by atoms with van der Waals surface area (Å²) < 4.78 is -3.69. The average Bonchev–Trinajstić information content (AvgIpc) is 2.92. The highest BCUT2D eigenvalue weighted by atomic mass is 35.6. The van der Waals surface area contributed by atoms with Gasteiger partial charge in [0, 0.05) is 11.1 Å². The minimum atomic E-state index is -1.89. The van der Waals surface area contributed by atoms with E-state index in [9.17, 15) is 0 Å². The van der Waals surface area contributed by atoms with Crippen LogP contribution in [-0.2, 0) is 11.5 Å². The molecule has 0 radical (unpaired) electrons. The predicted molar refractivity (Wildman–Crippen MR) is 92.8 cm³/mol. The van der Waals surface area contributed by atoms with Crippen molar-refractivity contribution in [2.24, 2.45) is 5.10 Å². The van der Waals surface area contributed by atoms with E-state index in [4.69, 9.17) is 79.4 Å². The molecule has 11 heteroatoms. The summed E-state index contributed by atoms with van der Waals surface area (Å²) in [6.07, 6.45) is 1.54. The Morgan fingerprint density at radius 2 is 1.87 bits per heavy atom. The molecule has 1 aromatic carbocycles. The van der Waals surface area contributed by atoms with Crippen molar-refractivity contribution in [3.63, 3.8) is 0 Å². The van der Waals surface area contributed by atoms with Gasteiger partial charge >= 0.3 is 3.92 Å². The highest BCUT2D eigenvalue weighted by Crippen LogP contribution is 2.37. The van der Waals surface area contributed by atoms with E-state index in [0.717, 1.165) is 10.7 Å². The molecule has 1 N–H and O–H groups in total. The highest BCUT2D eigenvalue weighted by Gasteiger charge is 2.37. The minimum Gasteiger partial charge on any atom is -0.337 e. The van der Waals surface area contributed by atoms with Gasteiger partial charge in [0.2, 0.25) is 3.79 Å². The second-order valence-electron chi connectivity index (χ2n) is 4.60. The Labute approximate surface area is 161 Å². The number of hydrazone groups is 1. The van der Waals surface area contributed by atoms with Crippen molar-refractivity contribution in [2.75, 3.05) is 0 Å². The first-order valence-electron chi connectivity index (χ1n) is 6.08. The van der Waals surface area contributed by atoms with Gasteiger partial charge in [0.25, 0.3) is 0 Å². The normalized spacial score (nSPS) is 17.9. The maximum atomic E-state index is 5.90. The summed E-state index contributed by atoms with van der Waals surface area (Å²) in [7, 11) is 0. The fraction of sp³-hybridized carbons (Fsp3) is 0.250. The third-order valence-corrected chi connectivity index (χ3v) is 4.05. The molecule has 5 nitrogen and oxygen atoms in total. The van der Waals surface area contributed by atoms with Crippen LogP contribution in [0.3, 0.4) is 0 Å². The molecule has 1 aromatic rings. The molecule has 0 unspecified atom stereocenters. The van der Waals surface area contributed by atoms with Gasteiger partial charge in [0.05, 0.1) is 5.70 Å². The first-order chi connectivity index (χ1) is 10.6. The number of hydrogen-bond donors (Lipinski definition) is 1. The molecule has 2 aliphatic heterocycles. The van der Waals surface area contributed by atoms with Gasteiger partial charge < -0.3 is 4.89 Å². The number of benzene rings is 1. The number of rotatable bonds is 1. The van der Waals surface area contributed by atoms with Crippen molar-refractivity contribution < 1.29 is 9.78 Å². The number of alkyl halides is 6. The molecule has 124 valence electrons. The zero-order valence-corrected chi connectivity index (χ0v) is 15.5. The molecule has 2 heterocycles. The molecule has 2 aliphatic rings. The summed E-state index contributed by atoms with van der Waals surface area (Å²) in [6.45, 7) is 0.378. The first kappa shape index (κ1) is 17.5. The van der Waals surface area contributed by atoms with Crippen LogP contribution in [0.2, 0.25) is 0 Å². The van der Waals surface area contributed by atoms with Gasteiger partial charge in [0.1, 0.15) is 12.3 Å². The molecule has 0 saturated heterocycles. The Hall–Kier alpha value is -0.270. The summed E-state index contributed by atoms with van der Waals surface area (Å²) in [5.41, 5.74) is 5.05. The summed E-state index contributed by atoms with van der Waals surface area (Å²) in [5.74, 6) is 0.587. The van der Waals surface area contributed by atoms with E-state index in [1.54, 1.807) is 6.07 Å². The number of nitrogens with one attached hydrogen (secondary N) is 1. The number of nitrogens with zero attached hydrogens (tertiary/aromatic N) is 2. The van der Waals surface area contributed by atoms with Crippen molar-refractivity contribution in [2.45, 2.75) is 14.3 Å². The fourth-order valence-electron chi connectivity index (χ4n) is 1.93. The van der Waals surface area contributed by atoms with E-state index in [-0.39, 0.29) is 5.71 Å². The SMILES string of the molecule is ClC(Cl)(Cl)C1=NN(C(Cl)(Cl)Cl)NC(c2ccc3c(c2)OOC3)=C1. The van der Waals surface area contributed by atoms with E-state index in [1.165, 1.54) is 6.08 Å². The monoisotopic (exact) mass is 435 g/mol. The van der Waals surface area contributed by atoms with Crippen LogP contribution < -0.4 is 10.3 Å². The van der Waals surface area contributed by atoms with Crippen LogP contribution in [0.5, 0.6) is 5.75 Å². The Bertz CT molecular complexity index is 695. The lowest BCUT2D eigenvalue weighted by molar-refractivity contribution is -0.194. The molecule has 0 bridgehead atoms. The zero-order chi connectivity index (χ0) is 16.8. The van der Waals surface area contributed by atoms with Crippen molar-refractivity contribution in [1.29, 1.82) is 0 Å². The smallest absolute Gasteiger partial charge is 0.301 e. The van der Waals surface area contributed by atoms with E-state index >= 15 is 0 Å². The quantitative estimate of drug-likeness (QED) is 0.392. The Morgan fingerprint density at radius 1 is 1.13 bits per heavy atom. The lowest BCUT2D eigenvalue weighted by Crippen LogP contribution is -2.45. The molecule has 23 heavy (non-hydrogen) atoms. The summed E-state index contributed by atoms with van der Waals surface area (Å²) >= 11 is 35.3. The van der Waals surface area contributed by atoms with Crippen molar-refractivity contribution in [3.05, 3.63) is 35.4 Å². The van der Waals surface area contributed by atoms with Crippen LogP contribution in [0.1, 0.15) is 11.1 Å². The molecule has 0 fully saturated rings. The summed E-state index contributed by atoms with van der Waals surface area (Å²) in [6, 6.07) is 5.42. The molecular weight excluding hydrogens is 431 g/mol. The molecule has 0 saturated carbocycles. The van der Waals surface area contributed by atoms with Crippen molar-refractivity contribution >= 4 is 81.0 Å². The Kier molecular flexibility index (Phi) is 4.75. The van der Waals surface area contributed by atoms with Gasteiger partial charge in [-0.2, -0.15) is 15.1 Å². The van der Waals surface area contributed by atoms with Crippen molar-refractivity contribution in [3.8, 4) is 5.75 Å². The summed E-state index contributed by atoms with van der Waals surface area (Å²) in [5, 5.41) is 4.95. The minimum absolute atomic E-state index is 0.0836. The van der Waals surface area contributed by atoms with Gasteiger partial charge in [-0.1, -0.05) is 81.7 Å². The number of hydrogen-bond acceptors (Lipinski definition) is 5. The van der Waals surface area contributed by atoms with Crippen LogP contribution >= 0.6 is 69.6 Å². The van der Waals surface area contributed by atoms with Crippen molar-refractivity contribution in [1.82, 2.24) is 10.5 Å². The third kappa shape index (κ3) is 3.87. The Balaban J connectivity index is 2.01. The van der Waals surface area contributed by atoms with Crippen LogP contribution in [0.4, 0.5) is 0 Å². The van der Waals surface area contributed by atoms with Crippen LogP contribution in [-0.4, -0.2) is 18.5 Å². The number of hydrazine groups is 1. The molecule has 3 rings (SSSR count). The molecule has 0 spiro atoms. The standard InChI is InChI=1S/C12H7Cl6N3O2/c13-11(14,15)10-4-8(19-21(20-10)12(16,17)18)6-1-2-7-5-22-23-9(7)3-6/h1-4,19H,5H2. The lowest BCUT2D eigenvalue weighted by Gasteiger charge is -2.33. The lowest BCUT2D eigenvalue weighted by atomic mass is 10.1. The third-order valence-electron chi connectivity index (χ3n) is 2.99. The van der Waals surface area contributed by atoms with E-state index < -0.39 is 7.71 Å². The van der Waals surface area contributed by atoms with E-state index in [0.29, 0.717) is 23.6 Å². The summed E-state index contributed by atoms with van der Waals surface area (Å²) in [4.78, 5) is 9.97. The van der Waals surface area contributed by atoms with Crippen LogP contribution in [0.25, 0.3) is 5.70 Å². The average molecular weight is 438 g/mol. The fourth-order valence-corrected chi connectivity index (χ4v) is 2.44. The highest BCUT2D eigenvalue weighted by molar-refractivity contribution is 6.77. The number of allylic oxidation sites excluding steroid dienone is 1. The molecular formula is C12H7Cl6N3O2. The second-order valence-corrected chi connectivity index (χ2v) is 9.10. The maximum Gasteiger partial charge on any atom is 0.301 e. The molecule has 0 aromatic heterocycles. The molecule has 0 aliphatic carbocycles. The molecule has 0 amide bonds. The second kappa shape index (κ2) is 6.23. The predicted octanol–water partition coefficient (Wildman–Crippen LogP) is 4.73. The van der Waals surface area contributed by atoms with Gasteiger partial charge in [-0.05, 0) is 12.1 Å².